The number of hydrogen-bond donors (Lipinski definition) is 1. The lowest BCUT2D eigenvalue weighted by atomic mass is 9.63. The number of rotatable bonds is 5. The number of amides is 2. The van der Waals surface area contributed by atoms with E-state index in [4.69, 9.17) is 4.74 Å². The molecule has 0 spiro atoms. The van der Waals surface area contributed by atoms with Crippen molar-refractivity contribution in [2.45, 2.75) is 13.3 Å². The van der Waals surface area contributed by atoms with Crippen LogP contribution in [0.1, 0.15) is 18.9 Å². The summed E-state index contributed by atoms with van der Waals surface area (Å²) in [5.74, 6) is -0.747. The number of nitro benzene ring substituents is 1. The maximum Gasteiger partial charge on any atom is 0.315 e. The maximum absolute atomic E-state index is 12.9. The number of nitrogens with zero attached hydrogens (tertiary/aromatic N) is 3. The Morgan fingerprint density at radius 1 is 1.24 bits per heavy atom. The number of phenolic OH excluding ortho intramolecular Hbond substituents is 1. The highest BCUT2D eigenvalue weighted by Gasteiger charge is 2.67. The highest BCUT2D eigenvalue weighted by molar-refractivity contribution is 6.06. The monoisotopic (exact) mass is 397 g/mol. The summed E-state index contributed by atoms with van der Waals surface area (Å²) in [5.41, 5.74) is -0.287. The third-order valence-electron chi connectivity index (χ3n) is 6.54. The quantitative estimate of drug-likeness (QED) is 0.267. The number of ether oxygens (including phenoxy) is 1. The van der Waals surface area contributed by atoms with Crippen molar-refractivity contribution in [1.82, 2.24) is 5.01 Å². The number of imide groups is 1. The molecule has 29 heavy (non-hydrogen) atoms. The molecule has 3 fully saturated rings. The Morgan fingerprint density at radius 3 is 2.41 bits per heavy atom. The van der Waals surface area contributed by atoms with Gasteiger partial charge in [0.15, 0.2) is 5.75 Å². The number of allylic oxidation sites excluding steroid dienone is 2. The van der Waals surface area contributed by atoms with Gasteiger partial charge in [-0.15, -0.1) is 0 Å². The van der Waals surface area contributed by atoms with Crippen LogP contribution in [0.5, 0.6) is 11.5 Å². The molecule has 1 heterocycles. The van der Waals surface area contributed by atoms with Crippen LogP contribution in [0.2, 0.25) is 0 Å². The van der Waals surface area contributed by atoms with E-state index in [0.717, 1.165) is 17.5 Å². The van der Waals surface area contributed by atoms with E-state index in [1.54, 1.807) is 6.92 Å². The number of carbonyl (C=O) groups excluding carboxylic acids is 2. The largest absolute Gasteiger partial charge is 0.500 e. The molecule has 6 atom stereocenters. The number of benzene rings is 1. The van der Waals surface area contributed by atoms with E-state index in [0.29, 0.717) is 11.8 Å². The Morgan fingerprint density at radius 2 is 1.86 bits per heavy atom. The summed E-state index contributed by atoms with van der Waals surface area (Å²) in [4.78, 5) is 36.3. The number of nitro groups is 1. The number of phenols is 1. The van der Waals surface area contributed by atoms with Gasteiger partial charge in [-0.2, -0.15) is 10.1 Å². The number of carbonyl (C=O) groups is 2. The van der Waals surface area contributed by atoms with Crippen LogP contribution in [0.15, 0.2) is 29.4 Å². The minimum Gasteiger partial charge on any atom is -0.500 e. The second kappa shape index (κ2) is 6.13. The summed E-state index contributed by atoms with van der Waals surface area (Å²) >= 11 is 0. The molecule has 6 rings (SSSR count). The summed E-state index contributed by atoms with van der Waals surface area (Å²) in [6.07, 6.45) is 6.46. The molecule has 2 bridgehead atoms. The first-order valence-corrected chi connectivity index (χ1v) is 9.66. The fraction of sp³-hybridized carbons (Fsp3) is 0.450. The fourth-order valence-electron chi connectivity index (χ4n) is 5.27. The molecule has 150 valence electrons. The summed E-state index contributed by atoms with van der Waals surface area (Å²) in [5, 5.41) is 26.2. The second-order valence-electron chi connectivity index (χ2n) is 7.96. The van der Waals surface area contributed by atoms with Gasteiger partial charge in [-0.05, 0) is 43.1 Å². The van der Waals surface area contributed by atoms with E-state index >= 15 is 0 Å². The van der Waals surface area contributed by atoms with Crippen LogP contribution < -0.4 is 4.74 Å². The predicted molar refractivity (Wildman–Crippen MR) is 100 cm³/mol. The minimum absolute atomic E-state index is 0.0572. The van der Waals surface area contributed by atoms with Crippen LogP contribution in [-0.4, -0.2) is 39.7 Å². The zero-order valence-electron chi connectivity index (χ0n) is 15.6. The van der Waals surface area contributed by atoms with Crippen molar-refractivity contribution in [2.75, 3.05) is 6.61 Å². The van der Waals surface area contributed by atoms with Crippen molar-refractivity contribution in [3.05, 3.63) is 40.0 Å². The first-order chi connectivity index (χ1) is 13.9. The van der Waals surface area contributed by atoms with E-state index in [1.165, 1.54) is 12.3 Å². The highest BCUT2D eigenvalue weighted by atomic mass is 16.6. The molecule has 4 aliphatic carbocycles. The van der Waals surface area contributed by atoms with E-state index in [-0.39, 0.29) is 53.4 Å². The molecule has 5 aliphatic rings. The van der Waals surface area contributed by atoms with Crippen LogP contribution in [0.3, 0.4) is 0 Å². The third kappa shape index (κ3) is 2.49. The van der Waals surface area contributed by atoms with Gasteiger partial charge in [0.2, 0.25) is 5.75 Å². The van der Waals surface area contributed by atoms with Crippen molar-refractivity contribution < 1.29 is 24.4 Å². The van der Waals surface area contributed by atoms with Crippen LogP contribution in [0, 0.1) is 45.6 Å². The topological polar surface area (TPSA) is 122 Å². The number of hydrazone groups is 1. The van der Waals surface area contributed by atoms with Gasteiger partial charge in [0.05, 0.1) is 29.6 Å². The summed E-state index contributed by atoms with van der Waals surface area (Å²) in [7, 11) is 0. The summed E-state index contributed by atoms with van der Waals surface area (Å²) < 4.78 is 5.24. The molecule has 1 N–H and O–H groups in total. The van der Waals surface area contributed by atoms with Gasteiger partial charge >= 0.3 is 5.69 Å². The van der Waals surface area contributed by atoms with Crippen molar-refractivity contribution >= 4 is 23.7 Å². The number of hydrogen-bond acceptors (Lipinski definition) is 7. The van der Waals surface area contributed by atoms with Gasteiger partial charge < -0.3 is 9.84 Å². The molecule has 9 heteroatoms. The average molecular weight is 397 g/mol. The van der Waals surface area contributed by atoms with Gasteiger partial charge in [0.1, 0.15) is 0 Å². The van der Waals surface area contributed by atoms with Gasteiger partial charge in [-0.1, -0.05) is 12.2 Å². The smallest absolute Gasteiger partial charge is 0.315 e. The Kier molecular flexibility index (Phi) is 3.77. The van der Waals surface area contributed by atoms with E-state index in [9.17, 15) is 24.8 Å². The Balaban J connectivity index is 1.45. The summed E-state index contributed by atoms with van der Waals surface area (Å²) in [6.45, 7) is 1.89. The molecular weight excluding hydrogens is 378 g/mol. The predicted octanol–water partition coefficient (Wildman–Crippen LogP) is 2.09. The van der Waals surface area contributed by atoms with Crippen LogP contribution >= 0.6 is 0 Å². The van der Waals surface area contributed by atoms with E-state index < -0.39 is 16.4 Å². The molecule has 9 nitrogen and oxygen atoms in total. The average Bonchev–Trinajstić information content (AvgIpc) is 3.47. The fourth-order valence-corrected chi connectivity index (χ4v) is 5.27. The third-order valence-corrected chi connectivity index (χ3v) is 6.54. The molecule has 2 amide bonds. The Bertz CT molecular complexity index is 966. The van der Waals surface area contributed by atoms with E-state index in [1.807, 2.05) is 0 Å². The van der Waals surface area contributed by atoms with Crippen molar-refractivity contribution in [1.29, 1.82) is 0 Å². The van der Waals surface area contributed by atoms with Gasteiger partial charge in [-0.3, -0.25) is 19.7 Å². The highest BCUT2D eigenvalue weighted by Crippen LogP contribution is 2.65. The summed E-state index contributed by atoms with van der Waals surface area (Å²) in [6, 6.07) is 2.51. The molecule has 0 radical (unpaired) electrons. The maximum atomic E-state index is 12.9. The Hall–Kier alpha value is -3.23. The molecule has 1 aromatic carbocycles. The molecule has 1 aliphatic heterocycles. The number of aromatic hydroxyl groups is 1. The second-order valence-corrected chi connectivity index (χ2v) is 7.96. The van der Waals surface area contributed by atoms with Gasteiger partial charge in [0, 0.05) is 11.6 Å². The van der Waals surface area contributed by atoms with Gasteiger partial charge in [-0.25, -0.2) is 0 Å². The lowest BCUT2D eigenvalue weighted by Crippen LogP contribution is -2.40. The molecule has 0 unspecified atom stereocenters. The Labute approximate surface area is 165 Å². The van der Waals surface area contributed by atoms with Crippen molar-refractivity contribution in [3.8, 4) is 11.5 Å². The van der Waals surface area contributed by atoms with Crippen LogP contribution in [0.4, 0.5) is 5.69 Å². The standard InChI is InChI=1S/C20H19N3O6/c1-2-29-15-6-9(5-14(18(15)24)23(27)28)8-21-22-19(25)16-10-3-4-11(13-7-12(10)13)17(16)20(22)26/h3-6,8,10-13,16-17,24H,2,7H2,1H3/b21-8-/t10-,11-,12-,13+,16-,17+/m1/s1. The normalized spacial score (nSPS) is 33.9. The zero-order valence-corrected chi connectivity index (χ0v) is 15.6. The molecule has 1 saturated heterocycles. The van der Waals surface area contributed by atoms with Crippen LogP contribution in [0.25, 0.3) is 0 Å². The van der Waals surface area contributed by atoms with Crippen LogP contribution in [-0.2, 0) is 9.59 Å². The minimum atomic E-state index is -0.731. The van der Waals surface area contributed by atoms with Crippen molar-refractivity contribution in [2.24, 2.45) is 40.6 Å². The molecule has 0 aromatic heterocycles. The van der Waals surface area contributed by atoms with E-state index in [2.05, 4.69) is 17.3 Å². The SMILES string of the molecule is CCOc1cc(/C=N\N2C(=O)[C@@H]3[C@@H]4C=C[C@H]([C@@H]5C[C@H]45)[C@@H]3C2=O)cc([N+](=O)[O-])c1O. The first-order valence-electron chi connectivity index (χ1n) is 9.66. The van der Waals surface area contributed by atoms with Crippen molar-refractivity contribution in [3.63, 3.8) is 0 Å². The first kappa shape index (κ1) is 17.8. The lowest BCUT2D eigenvalue weighted by Gasteiger charge is -2.37. The zero-order chi connectivity index (χ0) is 20.4. The molecule has 2 saturated carbocycles. The molecular formula is C20H19N3O6. The van der Waals surface area contributed by atoms with Gasteiger partial charge in [0.25, 0.3) is 11.8 Å². The lowest BCUT2D eigenvalue weighted by molar-refractivity contribution is -0.386. The molecule has 1 aromatic rings.